The number of nitrogens with one attached hydrogen (secondary N) is 1. The van der Waals surface area contributed by atoms with Gasteiger partial charge in [-0.15, -0.1) is 0 Å². The summed E-state index contributed by atoms with van der Waals surface area (Å²) >= 11 is 12.0. The van der Waals surface area contributed by atoms with E-state index in [4.69, 9.17) is 27.9 Å². The van der Waals surface area contributed by atoms with E-state index in [2.05, 4.69) is 15.0 Å². The van der Waals surface area contributed by atoms with Gasteiger partial charge in [-0.05, 0) is 25.1 Å². The van der Waals surface area contributed by atoms with E-state index in [0.717, 1.165) is 12.1 Å². The van der Waals surface area contributed by atoms with Crippen LogP contribution in [0.15, 0.2) is 29.3 Å². The smallest absolute Gasteiger partial charge is 0.416 e. The molecule has 162 valence electrons. The SMILES string of the molecule is CCOC(=O)c1nc2c(=O)[nH]c3cc(C(F)(F)F)ccc3n2c1Cn1cnc(Cl)c1Cl. The number of ether oxygens (including phenoxy) is 1. The van der Waals surface area contributed by atoms with Gasteiger partial charge in [0.25, 0.3) is 5.56 Å². The highest BCUT2D eigenvalue weighted by atomic mass is 35.5. The fourth-order valence-corrected chi connectivity index (χ4v) is 3.48. The second-order valence-corrected chi connectivity index (χ2v) is 7.14. The van der Waals surface area contributed by atoms with Gasteiger partial charge < -0.3 is 14.3 Å². The van der Waals surface area contributed by atoms with Crippen LogP contribution in [0, 0.1) is 0 Å². The Morgan fingerprint density at radius 1 is 1.29 bits per heavy atom. The Morgan fingerprint density at radius 2 is 2.03 bits per heavy atom. The van der Waals surface area contributed by atoms with Crippen LogP contribution in [0.4, 0.5) is 13.2 Å². The average Bonchev–Trinajstić information content (AvgIpc) is 3.24. The van der Waals surface area contributed by atoms with E-state index in [0.29, 0.717) is 0 Å². The zero-order valence-electron chi connectivity index (χ0n) is 15.6. The summed E-state index contributed by atoms with van der Waals surface area (Å²) in [6.45, 7) is 1.55. The minimum atomic E-state index is -4.60. The first-order valence-electron chi connectivity index (χ1n) is 8.79. The van der Waals surface area contributed by atoms with Gasteiger partial charge in [-0.1, -0.05) is 23.2 Å². The first-order valence-corrected chi connectivity index (χ1v) is 9.55. The van der Waals surface area contributed by atoms with Crippen molar-refractivity contribution in [2.24, 2.45) is 0 Å². The molecule has 8 nitrogen and oxygen atoms in total. The van der Waals surface area contributed by atoms with Crippen molar-refractivity contribution in [1.82, 2.24) is 23.9 Å². The number of halogens is 5. The average molecular weight is 474 g/mol. The Morgan fingerprint density at radius 3 is 2.65 bits per heavy atom. The molecule has 3 aromatic heterocycles. The molecule has 0 bridgehead atoms. The van der Waals surface area contributed by atoms with Gasteiger partial charge in [0, 0.05) is 0 Å². The fraction of sp³-hybridized carbons (Fsp3) is 0.222. The molecule has 13 heteroatoms. The van der Waals surface area contributed by atoms with Crippen LogP contribution >= 0.6 is 23.2 Å². The van der Waals surface area contributed by atoms with E-state index in [9.17, 15) is 22.8 Å². The van der Waals surface area contributed by atoms with Gasteiger partial charge in [-0.2, -0.15) is 13.2 Å². The van der Waals surface area contributed by atoms with E-state index >= 15 is 0 Å². The largest absolute Gasteiger partial charge is 0.461 e. The number of H-pyrrole nitrogens is 1. The van der Waals surface area contributed by atoms with Gasteiger partial charge >= 0.3 is 12.1 Å². The van der Waals surface area contributed by atoms with Crippen LogP contribution in [-0.2, 0) is 17.5 Å². The molecule has 1 aromatic carbocycles. The number of hydrogen-bond acceptors (Lipinski definition) is 5. The summed E-state index contributed by atoms with van der Waals surface area (Å²) in [5, 5.41) is 0.0885. The zero-order valence-corrected chi connectivity index (χ0v) is 17.1. The lowest BCUT2D eigenvalue weighted by Gasteiger charge is -2.11. The van der Waals surface area contributed by atoms with Crippen LogP contribution in [0.1, 0.15) is 28.7 Å². The van der Waals surface area contributed by atoms with Crippen LogP contribution in [0.25, 0.3) is 16.7 Å². The molecule has 0 saturated heterocycles. The predicted octanol–water partition coefficient (Wildman–Crippen LogP) is 3.92. The Hall–Kier alpha value is -3.05. The number of alkyl halides is 3. The van der Waals surface area contributed by atoms with Crippen molar-refractivity contribution >= 4 is 45.9 Å². The molecular weight excluding hydrogens is 462 g/mol. The van der Waals surface area contributed by atoms with Crippen molar-refractivity contribution in [2.75, 3.05) is 6.61 Å². The zero-order chi connectivity index (χ0) is 22.5. The summed E-state index contributed by atoms with van der Waals surface area (Å²) < 4.78 is 47.1. The van der Waals surface area contributed by atoms with Gasteiger partial charge in [-0.3, -0.25) is 9.20 Å². The molecule has 0 fully saturated rings. The normalized spacial score (nSPS) is 12.1. The number of aromatic amines is 1. The number of fused-ring (bicyclic) bond motifs is 3. The molecule has 1 N–H and O–H groups in total. The lowest BCUT2D eigenvalue weighted by atomic mass is 10.2. The number of carbonyl (C=O) groups is 1. The van der Waals surface area contributed by atoms with Crippen molar-refractivity contribution in [1.29, 1.82) is 0 Å². The Kier molecular flexibility index (Phi) is 5.18. The quantitative estimate of drug-likeness (QED) is 0.453. The highest BCUT2D eigenvalue weighted by Gasteiger charge is 2.31. The molecule has 31 heavy (non-hydrogen) atoms. The molecule has 0 amide bonds. The third-order valence-corrected chi connectivity index (χ3v) is 5.28. The van der Waals surface area contributed by atoms with Crippen molar-refractivity contribution in [3.63, 3.8) is 0 Å². The predicted molar refractivity (Wildman–Crippen MR) is 106 cm³/mol. The second kappa shape index (κ2) is 7.57. The van der Waals surface area contributed by atoms with Crippen LogP contribution in [-0.4, -0.2) is 36.5 Å². The first-order chi connectivity index (χ1) is 14.6. The Labute approximate surface area is 181 Å². The number of benzene rings is 1. The Bertz CT molecular complexity index is 1390. The first kappa shape index (κ1) is 21.2. The molecule has 0 aliphatic rings. The standard InChI is InChI=1S/C18H12Cl2F3N5O3/c1-2-31-17(30)12-11(6-27-7-24-13(19)14(27)20)28-10-4-3-8(18(21,22)23)5-9(10)25-16(29)15(28)26-12/h3-5,7H,2,6H2,1H3,(H,25,29). The maximum atomic E-state index is 13.1. The highest BCUT2D eigenvalue weighted by molar-refractivity contribution is 6.40. The number of nitrogens with zero attached hydrogens (tertiary/aromatic N) is 4. The number of imidazole rings is 2. The minimum absolute atomic E-state index is 0.0192. The maximum Gasteiger partial charge on any atom is 0.416 e. The van der Waals surface area contributed by atoms with Gasteiger partial charge in [0.05, 0.1) is 41.8 Å². The van der Waals surface area contributed by atoms with Crippen LogP contribution in [0.5, 0.6) is 0 Å². The molecule has 0 radical (unpaired) electrons. The summed E-state index contributed by atoms with van der Waals surface area (Å²) in [5.74, 6) is -0.803. The van der Waals surface area contributed by atoms with Crippen LogP contribution in [0.3, 0.4) is 0 Å². The van der Waals surface area contributed by atoms with E-state index in [1.54, 1.807) is 6.92 Å². The summed E-state index contributed by atoms with van der Waals surface area (Å²) in [4.78, 5) is 35.4. The van der Waals surface area contributed by atoms with Crippen molar-refractivity contribution in [3.05, 3.63) is 62.1 Å². The van der Waals surface area contributed by atoms with E-state index in [1.807, 2.05) is 0 Å². The molecule has 3 heterocycles. The van der Waals surface area contributed by atoms with Gasteiger partial charge in [-0.25, -0.2) is 14.8 Å². The highest BCUT2D eigenvalue weighted by Crippen LogP contribution is 2.31. The summed E-state index contributed by atoms with van der Waals surface area (Å²) in [5.41, 5.74) is -1.81. The van der Waals surface area contributed by atoms with Crippen LogP contribution < -0.4 is 5.56 Å². The summed E-state index contributed by atoms with van der Waals surface area (Å²) in [6, 6.07) is 2.86. The third-order valence-electron chi connectivity index (χ3n) is 4.51. The topological polar surface area (TPSA) is 94.3 Å². The third kappa shape index (κ3) is 3.63. The van der Waals surface area contributed by atoms with Crippen molar-refractivity contribution in [2.45, 2.75) is 19.6 Å². The van der Waals surface area contributed by atoms with E-state index in [-0.39, 0.29) is 51.5 Å². The summed E-state index contributed by atoms with van der Waals surface area (Å²) in [7, 11) is 0. The van der Waals surface area contributed by atoms with Crippen LogP contribution in [0.2, 0.25) is 10.3 Å². The number of rotatable bonds is 4. The molecule has 0 atom stereocenters. The second-order valence-electron chi connectivity index (χ2n) is 6.42. The minimum Gasteiger partial charge on any atom is -0.461 e. The van der Waals surface area contributed by atoms with Crippen molar-refractivity contribution < 1.29 is 22.7 Å². The Balaban J connectivity index is 2.05. The maximum absolute atomic E-state index is 13.1. The molecule has 0 unspecified atom stereocenters. The lowest BCUT2D eigenvalue weighted by Crippen LogP contribution is -2.14. The van der Waals surface area contributed by atoms with Crippen molar-refractivity contribution in [3.8, 4) is 0 Å². The van der Waals surface area contributed by atoms with E-state index in [1.165, 1.54) is 21.4 Å². The molecule has 0 spiro atoms. The molecular formula is C18H12Cl2F3N5O3. The molecule has 0 aliphatic heterocycles. The molecule has 0 aliphatic carbocycles. The number of carbonyl (C=O) groups excluding carboxylic acids is 1. The van der Waals surface area contributed by atoms with E-state index < -0.39 is 23.3 Å². The number of hydrogen-bond donors (Lipinski definition) is 1. The fourth-order valence-electron chi connectivity index (χ4n) is 3.17. The number of aromatic nitrogens is 5. The lowest BCUT2D eigenvalue weighted by molar-refractivity contribution is -0.137. The van der Waals surface area contributed by atoms with Gasteiger partial charge in [0.1, 0.15) is 5.15 Å². The molecule has 4 aromatic rings. The monoisotopic (exact) mass is 473 g/mol. The van der Waals surface area contributed by atoms with Gasteiger partial charge in [0.2, 0.25) is 5.65 Å². The van der Waals surface area contributed by atoms with Gasteiger partial charge in [0.15, 0.2) is 10.8 Å². The number of esters is 1. The molecule has 4 rings (SSSR count). The summed E-state index contributed by atoms with van der Waals surface area (Å²) in [6.07, 6.45) is -3.29. The molecule has 0 saturated carbocycles.